The SMILES string of the molecule is CNCc1cc(S(=O)(=O)NCC(C)(C)C)c(Br)s1. The summed E-state index contributed by atoms with van der Waals surface area (Å²) in [5.74, 6) is 0. The molecule has 104 valence electrons. The zero-order valence-corrected chi connectivity index (χ0v) is 14.2. The Morgan fingerprint density at radius 2 is 2.00 bits per heavy atom. The lowest BCUT2D eigenvalue weighted by atomic mass is 9.98. The van der Waals surface area contributed by atoms with Gasteiger partial charge in [0.1, 0.15) is 4.90 Å². The third-order valence-electron chi connectivity index (χ3n) is 2.14. The van der Waals surface area contributed by atoms with Crippen molar-refractivity contribution in [1.29, 1.82) is 0 Å². The molecule has 0 atom stereocenters. The molecule has 0 fully saturated rings. The van der Waals surface area contributed by atoms with Crippen LogP contribution in [0.3, 0.4) is 0 Å². The number of halogens is 1. The number of hydrogen-bond acceptors (Lipinski definition) is 4. The van der Waals surface area contributed by atoms with Gasteiger partial charge in [-0.15, -0.1) is 11.3 Å². The molecule has 0 aliphatic carbocycles. The molecule has 0 aromatic carbocycles. The van der Waals surface area contributed by atoms with Crippen molar-refractivity contribution in [2.45, 2.75) is 32.2 Å². The van der Waals surface area contributed by atoms with Crippen LogP contribution >= 0.6 is 27.3 Å². The molecule has 1 rings (SSSR count). The van der Waals surface area contributed by atoms with E-state index in [1.54, 1.807) is 6.07 Å². The summed E-state index contributed by atoms with van der Waals surface area (Å²) < 4.78 is 27.6. The number of nitrogens with one attached hydrogen (secondary N) is 2. The Morgan fingerprint density at radius 1 is 1.39 bits per heavy atom. The molecule has 0 aliphatic rings. The molecule has 0 aliphatic heterocycles. The van der Waals surface area contributed by atoms with Crippen molar-refractivity contribution >= 4 is 37.3 Å². The van der Waals surface area contributed by atoms with Crippen molar-refractivity contribution in [3.8, 4) is 0 Å². The highest BCUT2D eigenvalue weighted by molar-refractivity contribution is 9.11. The molecule has 4 nitrogen and oxygen atoms in total. The monoisotopic (exact) mass is 354 g/mol. The summed E-state index contributed by atoms with van der Waals surface area (Å²) in [6, 6.07) is 1.70. The quantitative estimate of drug-likeness (QED) is 0.854. The third kappa shape index (κ3) is 4.62. The van der Waals surface area contributed by atoms with Crippen LogP contribution in [-0.2, 0) is 16.6 Å². The van der Waals surface area contributed by atoms with Crippen molar-refractivity contribution in [2.75, 3.05) is 13.6 Å². The van der Waals surface area contributed by atoms with Crippen LogP contribution in [-0.4, -0.2) is 22.0 Å². The molecule has 0 bridgehead atoms. The molecule has 7 heteroatoms. The van der Waals surface area contributed by atoms with E-state index in [-0.39, 0.29) is 5.41 Å². The lowest BCUT2D eigenvalue weighted by Crippen LogP contribution is -2.32. The third-order valence-corrected chi connectivity index (χ3v) is 5.79. The molecule has 18 heavy (non-hydrogen) atoms. The maximum absolute atomic E-state index is 12.2. The van der Waals surface area contributed by atoms with Gasteiger partial charge in [0.05, 0.1) is 3.79 Å². The van der Waals surface area contributed by atoms with E-state index in [0.29, 0.717) is 21.8 Å². The molecule has 0 saturated heterocycles. The van der Waals surface area contributed by atoms with Gasteiger partial charge >= 0.3 is 0 Å². The minimum Gasteiger partial charge on any atom is -0.315 e. The predicted molar refractivity (Wildman–Crippen MR) is 79.4 cm³/mol. The minimum atomic E-state index is -3.44. The highest BCUT2D eigenvalue weighted by atomic mass is 79.9. The maximum Gasteiger partial charge on any atom is 0.242 e. The molecule has 0 unspecified atom stereocenters. The average molecular weight is 355 g/mol. The Hall–Kier alpha value is 0.0500. The van der Waals surface area contributed by atoms with Crippen LogP contribution in [0.4, 0.5) is 0 Å². The summed E-state index contributed by atoms with van der Waals surface area (Å²) in [5, 5.41) is 3.01. The lowest BCUT2D eigenvalue weighted by molar-refractivity contribution is 0.407. The van der Waals surface area contributed by atoms with E-state index in [0.717, 1.165) is 4.88 Å². The first-order valence-corrected chi connectivity index (χ1v) is 8.67. The first-order chi connectivity index (χ1) is 8.15. The largest absolute Gasteiger partial charge is 0.315 e. The Morgan fingerprint density at radius 3 is 2.50 bits per heavy atom. The fourth-order valence-electron chi connectivity index (χ4n) is 1.23. The lowest BCUT2D eigenvalue weighted by Gasteiger charge is -2.18. The molecule has 0 saturated carbocycles. The van der Waals surface area contributed by atoms with E-state index in [4.69, 9.17) is 0 Å². The molecule has 1 heterocycles. The molecule has 2 N–H and O–H groups in total. The van der Waals surface area contributed by atoms with Crippen molar-refractivity contribution in [2.24, 2.45) is 5.41 Å². The van der Waals surface area contributed by atoms with E-state index in [1.165, 1.54) is 11.3 Å². The van der Waals surface area contributed by atoms with E-state index in [2.05, 4.69) is 26.0 Å². The average Bonchev–Trinajstić information content (AvgIpc) is 2.57. The highest BCUT2D eigenvalue weighted by Gasteiger charge is 2.22. The van der Waals surface area contributed by atoms with E-state index < -0.39 is 10.0 Å². The normalized spacial score (nSPS) is 12.9. The van der Waals surface area contributed by atoms with Gasteiger partial charge in [0.2, 0.25) is 10.0 Å². The summed E-state index contributed by atoms with van der Waals surface area (Å²) >= 11 is 4.75. The standard InChI is InChI=1S/C11H19BrN2O2S2/c1-11(2,3)7-14-18(15,16)9-5-8(6-13-4)17-10(9)12/h5,13-14H,6-7H2,1-4H3. The Kier molecular flexibility index (Phi) is 5.37. The van der Waals surface area contributed by atoms with Gasteiger partial charge in [-0.05, 0) is 34.5 Å². The summed E-state index contributed by atoms with van der Waals surface area (Å²) in [5.41, 5.74) is -0.0800. The van der Waals surface area contributed by atoms with Crippen LogP contribution in [0.1, 0.15) is 25.6 Å². The summed E-state index contributed by atoms with van der Waals surface area (Å²) in [7, 11) is -1.60. The van der Waals surface area contributed by atoms with Crippen LogP contribution in [0.15, 0.2) is 14.7 Å². The van der Waals surface area contributed by atoms with Crippen molar-refractivity contribution in [3.63, 3.8) is 0 Å². The number of sulfonamides is 1. The van der Waals surface area contributed by atoms with Gasteiger partial charge in [-0.25, -0.2) is 13.1 Å². The molecule has 0 amide bonds. The summed E-state index contributed by atoms with van der Waals surface area (Å²) in [6.07, 6.45) is 0. The first kappa shape index (κ1) is 16.1. The van der Waals surface area contributed by atoms with E-state index in [9.17, 15) is 8.42 Å². The van der Waals surface area contributed by atoms with Gasteiger partial charge in [0.25, 0.3) is 0 Å². The second-order valence-electron chi connectivity index (χ2n) is 5.27. The van der Waals surface area contributed by atoms with Gasteiger partial charge in [-0.2, -0.15) is 0 Å². The van der Waals surface area contributed by atoms with Crippen molar-refractivity contribution in [3.05, 3.63) is 14.7 Å². The Balaban J connectivity index is 2.91. The molecule has 0 spiro atoms. The molecule has 1 aromatic heterocycles. The fraction of sp³-hybridized carbons (Fsp3) is 0.636. The zero-order chi connectivity index (χ0) is 14.0. The van der Waals surface area contributed by atoms with Crippen LogP contribution < -0.4 is 10.0 Å². The molecule has 0 radical (unpaired) electrons. The topological polar surface area (TPSA) is 58.2 Å². The summed E-state index contributed by atoms with van der Waals surface area (Å²) in [4.78, 5) is 1.31. The van der Waals surface area contributed by atoms with Crippen LogP contribution in [0.2, 0.25) is 0 Å². The second kappa shape index (κ2) is 6.00. The number of thiophene rings is 1. The van der Waals surface area contributed by atoms with Crippen LogP contribution in [0.25, 0.3) is 0 Å². The predicted octanol–water partition coefficient (Wildman–Crippen LogP) is 2.55. The van der Waals surface area contributed by atoms with Gasteiger partial charge in [-0.1, -0.05) is 20.8 Å². The first-order valence-electron chi connectivity index (χ1n) is 5.58. The van der Waals surface area contributed by atoms with Crippen LogP contribution in [0, 0.1) is 5.41 Å². The van der Waals surface area contributed by atoms with Crippen LogP contribution in [0.5, 0.6) is 0 Å². The fourth-order valence-corrected chi connectivity index (χ4v) is 5.21. The van der Waals surface area contributed by atoms with E-state index in [1.807, 2.05) is 27.8 Å². The van der Waals surface area contributed by atoms with Crippen molar-refractivity contribution in [1.82, 2.24) is 10.0 Å². The van der Waals surface area contributed by atoms with Gasteiger partial charge < -0.3 is 5.32 Å². The van der Waals surface area contributed by atoms with E-state index >= 15 is 0 Å². The minimum absolute atomic E-state index is 0.0800. The number of rotatable bonds is 5. The maximum atomic E-state index is 12.2. The molecular weight excluding hydrogens is 336 g/mol. The highest BCUT2D eigenvalue weighted by Crippen LogP contribution is 2.31. The molecule has 1 aromatic rings. The smallest absolute Gasteiger partial charge is 0.242 e. The summed E-state index contributed by atoms with van der Waals surface area (Å²) in [6.45, 7) is 7.05. The number of hydrogen-bond donors (Lipinski definition) is 2. The van der Waals surface area contributed by atoms with Gasteiger partial charge in [0.15, 0.2) is 0 Å². The molecular formula is C11H19BrN2O2S2. The second-order valence-corrected chi connectivity index (χ2v) is 9.46. The van der Waals surface area contributed by atoms with Gasteiger partial charge in [0, 0.05) is 18.0 Å². The van der Waals surface area contributed by atoms with Crippen molar-refractivity contribution < 1.29 is 8.42 Å². The van der Waals surface area contributed by atoms with Gasteiger partial charge in [-0.3, -0.25) is 0 Å². The Labute approximate surface area is 121 Å². The zero-order valence-electron chi connectivity index (χ0n) is 11.0. The Bertz CT molecular complexity index is 504.